The van der Waals surface area contributed by atoms with Crippen LogP contribution in [0.3, 0.4) is 0 Å². The summed E-state index contributed by atoms with van der Waals surface area (Å²) in [6.45, 7) is 0. The molecule has 24 heavy (non-hydrogen) atoms. The SMILES string of the molecule is COc1ccc(Cl)cc1NS(=O)(=O)c1ccc(OC)c([N+](=O)[O-])c1. The van der Waals surface area contributed by atoms with Gasteiger partial charge in [0.25, 0.3) is 10.0 Å². The Morgan fingerprint density at radius 2 is 1.71 bits per heavy atom. The molecule has 2 rings (SSSR count). The molecular weight excluding hydrogens is 360 g/mol. The van der Waals surface area contributed by atoms with Crippen LogP contribution in [0.5, 0.6) is 11.5 Å². The van der Waals surface area contributed by atoms with Gasteiger partial charge < -0.3 is 9.47 Å². The van der Waals surface area contributed by atoms with E-state index < -0.39 is 20.6 Å². The molecule has 10 heteroatoms. The van der Waals surface area contributed by atoms with Crippen LogP contribution >= 0.6 is 11.6 Å². The topological polar surface area (TPSA) is 108 Å². The fourth-order valence-corrected chi connectivity index (χ4v) is 3.20. The summed E-state index contributed by atoms with van der Waals surface area (Å²) in [5, 5.41) is 11.3. The van der Waals surface area contributed by atoms with Crippen LogP contribution in [0.15, 0.2) is 41.3 Å². The van der Waals surface area contributed by atoms with Crippen LogP contribution in [0.4, 0.5) is 11.4 Å². The van der Waals surface area contributed by atoms with E-state index in [1.54, 1.807) is 0 Å². The summed E-state index contributed by atoms with van der Waals surface area (Å²) >= 11 is 5.86. The maximum atomic E-state index is 12.5. The molecule has 0 saturated carbocycles. The Bertz CT molecular complexity index is 885. The quantitative estimate of drug-likeness (QED) is 0.616. The number of halogens is 1. The molecule has 0 aliphatic rings. The summed E-state index contributed by atoms with van der Waals surface area (Å²) in [5.74, 6) is 0.213. The summed E-state index contributed by atoms with van der Waals surface area (Å²) in [6.07, 6.45) is 0. The van der Waals surface area contributed by atoms with Crippen LogP contribution in [0.25, 0.3) is 0 Å². The van der Waals surface area contributed by atoms with Crippen LogP contribution in [0, 0.1) is 10.1 Å². The minimum absolute atomic E-state index is 0.0423. The smallest absolute Gasteiger partial charge is 0.312 e. The van der Waals surface area contributed by atoms with Crippen LogP contribution in [-0.4, -0.2) is 27.6 Å². The van der Waals surface area contributed by atoms with E-state index in [9.17, 15) is 18.5 Å². The van der Waals surface area contributed by atoms with Gasteiger partial charge in [-0.05, 0) is 30.3 Å². The summed E-state index contributed by atoms with van der Waals surface area (Å²) < 4.78 is 37.2. The Labute approximate surface area is 143 Å². The highest BCUT2D eigenvalue weighted by Crippen LogP contribution is 2.32. The fraction of sp³-hybridized carbons (Fsp3) is 0.143. The van der Waals surface area contributed by atoms with Gasteiger partial charge in [0, 0.05) is 11.1 Å². The fourth-order valence-electron chi connectivity index (χ4n) is 1.94. The monoisotopic (exact) mass is 372 g/mol. The van der Waals surface area contributed by atoms with E-state index in [2.05, 4.69) is 4.72 Å². The normalized spacial score (nSPS) is 11.0. The first-order valence-corrected chi connectivity index (χ1v) is 8.33. The van der Waals surface area contributed by atoms with E-state index in [1.807, 2.05) is 0 Å². The average Bonchev–Trinajstić information content (AvgIpc) is 2.54. The molecule has 0 bridgehead atoms. The maximum Gasteiger partial charge on any atom is 0.312 e. The summed E-state index contributed by atoms with van der Waals surface area (Å²) in [5.41, 5.74) is -0.345. The highest BCUT2D eigenvalue weighted by molar-refractivity contribution is 7.92. The van der Waals surface area contributed by atoms with Gasteiger partial charge in [0.2, 0.25) is 0 Å². The van der Waals surface area contributed by atoms with Gasteiger partial charge in [-0.1, -0.05) is 11.6 Å². The lowest BCUT2D eigenvalue weighted by Gasteiger charge is -2.12. The second-order valence-corrected chi connectivity index (χ2v) is 6.66. The van der Waals surface area contributed by atoms with E-state index in [1.165, 1.54) is 44.6 Å². The number of nitrogens with zero attached hydrogens (tertiary/aromatic N) is 1. The Balaban J connectivity index is 2.47. The van der Waals surface area contributed by atoms with Crippen LogP contribution in [0.2, 0.25) is 5.02 Å². The zero-order chi connectivity index (χ0) is 17.9. The molecule has 0 atom stereocenters. The third-order valence-corrected chi connectivity index (χ3v) is 4.66. The highest BCUT2D eigenvalue weighted by Gasteiger charge is 2.23. The maximum absolute atomic E-state index is 12.5. The Morgan fingerprint density at radius 1 is 1.08 bits per heavy atom. The summed E-state index contributed by atoms with van der Waals surface area (Å²) in [7, 11) is -1.46. The van der Waals surface area contributed by atoms with Crippen molar-refractivity contribution in [3.63, 3.8) is 0 Å². The lowest BCUT2D eigenvalue weighted by molar-refractivity contribution is -0.386. The zero-order valence-electron chi connectivity index (χ0n) is 12.6. The average molecular weight is 373 g/mol. The number of nitro benzene ring substituents is 1. The standard InChI is InChI=1S/C14H13ClN2O6S/c1-22-13-5-3-9(15)7-11(13)16-24(20,21)10-4-6-14(23-2)12(8-10)17(18)19/h3-8,16H,1-2H3. The zero-order valence-corrected chi connectivity index (χ0v) is 14.2. The molecular formula is C14H13ClN2O6S. The van der Waals surface area contributed by atoms with Crippen molar-refractivity contribution in [3.05, 3.63) is 51.5 Å². The van der Waals surface area contributed by atoms with Gasteiger partial charge in [0.15, 0.2) is 5.75 Å². The first-order valence-electron chi connectivity index (χ1n) is 6.47. The third kappa shape index (κ3) is 3.69. The molecule has 0 amide bonds. The molecule has 0 radical (unpaired) electrons. The number of methoxy groups -OCH3 is 2. The van der Waals surface area contributed by atoms with Gasteiger partial charge in [-0.2, -0.15) is 0 Å². The molecule has 0 fully saturated rings. The highest BCUT2D eigenvalue weighted by atomic mass is 35.5. The summed E-state index contributed by atoms with van der Waals surface area (Å²) in [6, 6.07) is 7.73. The molecule has 0 heterocycles. The van der Waals surface area contributed by atoms with E-state index in [4.69, 9.17) is 21.1 Å². The number of hydrogen-bond acceptors (Lipinski definition) is 6. The van der Waals surface area contributed by atoms with Gasteiger partial charge in [-0.15, -0.1) is 0 Å². The molecule has 0 saturated heterocycles. The second-order valence-electron chi connectivity index (χ2n) is 4.54. The van der Waals surface area contributed by atoms with Crippen molar-refractivity contribution < 1.29 is 22.8 Å². The second kappa shape index (κ2) is 6.93. The number of anilines is 1. The third-order valence-electron chi connectivity index (χ3n) is 3.06. The molecule has 0 aromatic heterocycles. The van der Waals surface area contributed by atoms with Crippen molar-refractivity contribution in [3.8, 4) is 11.5 Å². The lowest BCUT2D eigenvalue weighted by atomic mass is 10.3. The number of sulfonamides is 1. The van der Waals surface area contributed by atoms with Crippen molar-refractivity contribution in [1.29, 1.82) is 0 Å². The Hall–Kier alpha value is -2.52. The molecule has 8 nitrogen and oxygen atoms in total. The molecule has 2 aromatic rings. The molecule has 0 aliphatic heterocycles. The number of benzene rings is 2. The number of nitrogens with one attached hydrogen (secondary N) is 1. The van der Waals surface area contributed by atoms with Crippen molar-refractivity contribution in [1.82, 2.24) is 0 Å². The van der Waals surface area contributed by atoms with Gasteiger partial charge in [0.1, 0.15) is 5.75 Å². The van der Waals surface area contributed by atoms with Crippen molar-refractivity contribution >= 4 is 33.0 Å². The first-order chi connectivity index (χ1) is 11.3. The largest absolute Gasteiger partial charge is 0.495 e. The first kappa shape index (κ1) is 17.8. The predicted octanol–water partition coefficient (Wildman–Crippen LogP) is 3.07. The van der Waals surface area contributed by atoms with Gasteiger partial charge in [0.05, 0.1) is 29.7 Å². The van der Waals surface area contributed by atoms with Gasteiger partial charge in [-0.25, -0.2) is 8.42 Å². The number of hydrogen-bond donors (Lipinski definition) is 1. The van der Waals surface area contributed by atoms with Crippen molar-refractivity contribution in [2.75, 3.05) is 18.9 Å². The van der Waals surface area contributed by atoms with E-state index in [0.29, 0.717) is 5.02 Å². The number of ether oxygens (including phenoxy) is 2. The number of nitro groups is 1. The van der Waals surface area contributed by atoms with Crippen LogP contribution in [0.1, 0.15) is 0 Å². The minimum Gasteiger partial charge on any atom is -0.495 e. The molecule has 0 aliphatic carbocycles. The number of rotatable bonds is 6. The molecule has 0 unspecified atom stereocenters. The van der Waals surface area contributed by atoms with Gasteiger partial charge in [-0.3, -0.25) is 14.8 Å². The molecule has 1 N–H and O–H groups in total. The molecule has 128 valence electrons. The van der Waals surface area contributed by atoms with Gasteiger partial charge >= 0.3 is 5.69 Å². The molecule has 2 aromatic carbocycles. The Morgan fingerprint density at radius 3 is 2.29 bits per heavy atom. The van der Waals surface area contributed by atoms with Crippen molar-refractivity contribution in [2.45, 2.75) is 4.90 Å². The lowest BCUT2D eigenvalue weighted by Crippen LogP contribution is -2.14. The van der Waals surface area contributed by atoms with E-state index >= 15 is 0 Å². The minimum atomic E-state index is -4.09. The van der Waals surface area contributed by atoms with Crippen molar-refractivity contribution in [2.24, 2.45) is 0 Å². The predicted molar refractivity (Wildman–Crippen MR) is 88.5 cm³/mol. The van der Waals surface area contributed by atoms with E-state index in [-0.39, 0.29) is 22.1 Å². The van der Waals surface area contributed by atoms with Crippen LogP contribution in [-0.2, 0) is 10.0 Å². The summed E-state index contributed by atoms with van der Waals surface area (Å²) in [4.78, 5) is 10.0. The van der Waals surface area contributed by atoms with E-state index in [0.717, 1.165) is 6.07 Å². The Kier molecular flexibility index (Phi) is 5.15. The molecule has 0 spiro atoms. The van der Waals surface area contributed by atoms with Crippen LogP contribution < -0.4 is 14.2 Å².